The van der Waals surface area contributed by atoms with Crippen molar-refractivity contribution in [1.29, 1.82) is 0 Å². The van der Waals surface area contributed by atoms with Gasteiger partial charge in [-0.3, -0.25) is 0 Å². The van der Waals surface area contributed by atoms with Crippen LogP contribution in [0.4, 0.5) is 0 Å². The van der Waals surface area contributed by atoms with Crippen LogP contribution in [0.1, 0.15) is 112 Å². The minimum Gasteiger partial charge on any atom is -0.0654 e. The van der Waals surface area contributed by atoms with Crippen molar-refractivity contribution in [1.82, 2.24) is 0 Å². The van der Waals surface area contributed by atoms with Crippen LogP contribution in [0.25, 0.3) is 0 Å². The van der Waals surface area contributed by atoms with Crippen LogP contribution in [0.2, 0.25) is 0 Å². The summed E-state index contributed by atoms with van der Waals surface area (Å²) in [6.45, 7) is 14.5. The lowest BCUT2D eigenvalue weighted by atomic mass is 9.57. The lowest BCUT2D eigenvalue weighted by molar-refractivity contribution is 0.0192. The second-order valence-electron chi connectivity index (χ2n) is 6.77. The highest BCUT2D eigenvalue weighted by Crippen LogP contribution is 2.52. The van der Waals surface area contributed by atoms with Gasteiger partial charge in [-0.2, -0.15) is 0 Å². The molecule has 0 amide bonds. The summed E-state index contributed by atoms with van der Waals surface area (Å²) in [5.74, 6) is 0. The molecule has 0 heterocycles. The van der Waals surface area contributed by atoms with E-state index in [1.54, 1.807) is 0 Å². The summed E-state index contributed by atoms with van der Waals surface area (Å²) in [5, 5.41) is 0. The van der Waals surface area contributed by atoms with Crippen molar-refractivity contribution < 1.29 is 0 Å². The molecule has 0 saturated carbocycles. The van der Waals surface area contributed by atoms with Gasteiger partial charge in [0.25, 0.3) is 0 Å². The molecule has 0 heteroatoms. The normalized spacial score (nSPS) is 12.9. The first kappa shape index (κ1) is 19.0. The van der Waals surface area contributed by atoms with E-state index in [4.69, 9.17) is 0 Å². The van der Waals surface area contributed by atoms with Crippen molar-refractivity contribution in [2.75, 3.05) is 0 Å². The van der Waals surface area contributed by atoms with E-state index in [0.29, 0.717) is 10.8 Å². The Balaban J connectivity index is 4.39. The zero-order valence-electron chi connectivity index (χ0n) is 14.8. The summed E-state index contributed by atoms with van der Waals surface area (Å²) in [6.07, 6.45) is 15.4. The molecule has 0 aliphatic rings. The van der Waals surface area contributed by atoms with Gasteiger partial charge in [0.15, 0.2) is 0 Å². The predicted molar refractivity (Wildman–Crippen MR) is 89.7 cm³/mol. The second kappa shape index (κ2) is 9.83. The fourth-order valence-electron chi connectivity index (χ4n) is 4.00. The van der Waals surface area contributed by atoms with Crippen LogP contribution < -0.4 is 0 Å². The van der Waals surface area contributed by atoms with Gasteiger partial charge >= 0.3 is 0 Å². The molecule has 0 bridgehead atoms. The fourth-order valence-corrected chi connectivity index (χ4v) is 4.00. The smallest absolute Gasteiger partial charge is 0.0249 e. The molecule has 0 aromatic heterocycles. The van der Waals surface area contributed by atoms with E-state index in [9.17, 15) is 0 Å². The number of hydrogen-bond donors (Lipinski definition) is 0. The molecule has 0 N–H and O–H groups in total. The Kier molecular flexibility index (Phi) is 9.83. The van der Waals surface area contributed by atoms with Gasteiger partial charge in [-0.25, -0.2) is 0 Å². The molecule has 0 atom stereocenters. The van der Waals surface area contributed by atoms with E-state index in [2.05, 4.69) is 41.5 Å². The molecule has 0 fully saturated rings. The molecule has 0 rings (SSSR count). The highest BCUT2D eigenvalue weighted by Gasteiger charge is 2.42. The highest BCUT2D eigenvalue weighted by molar-refractivity contribution is 4.92. The van der Waals surface area contributed by atoms with Gasteiger partial charge < -0.3 is 0 Å². The Labute approximate surface area is 123 Å². The molecule has 0 spiro atoms. The van der Waals surface area contributed by atoms with E-state index in [-0.39, 0.29) is 0 Å². The van der Waals surface area contributed by atoms with Gasteiger partial charge in [-0.1, -0.05) is 92.9 Å². The minimum absolute atomic E-state index is 0.542. The predicted octanol–water partition coefficient (Wildman–Crippen LogP) is 7.37. The first-order valence-corrected chi connectivity index (χ1v) is 9.05. The molecule has 0 aliphatic carbocycles. The van der Waals surface area contributed by atoms with Gasteiger partial charge in [0.1, 0.15) is 0 Å². The number of unbranched alkanes of at least 4 members (excludes halogenated alkanes) is 5. The van der Waals surface area contributed by atoms with E-state index >= 15 is 0 Å². The maximum absolute atomic E-state index is 2.54. The maximum Gasteiger partial charge on any atom is -0.0249 e. The van der Waals surface area contributed by atoms with Gasteiger partial charge in [0, 0.05) is 0 Å². The Bertz CT molecular complexity index is 196. The maximum atomic E-state index is 2.54. The third kappa shape index (κ3) is 5.12. The van der Waals surface area contributed by atoms with Crippen LogP contribution in [0.3, 0.4) is 0 Å². The Hall–Kier alpha value is 0. The van der Waals surface area contributed by atoms with Gasteiger partial charge in [0.05, 0.1) is 0 Å². The standard InChI is InChI=1S/C19H40/c1-7-12-13-14-15-16-17-19(10-4,11-5)18(6,8-2)9-3/h7-17H2,1-6H3. The average molecular weight is 269 g/mol. The first-order valence-electron chi connectivity index (χ1n) is 9.05. The van der Waals surface area contributed by atoms with Crippen LogP contribution in [0.15, 0.2) is 0 Å². The molecule has 19 heavy (non-hydrogen) atoms. The monoisotopic (exact) mass is 268 g/mol. The zero-order chi connectivity index (χ0) is 14.8. The topological polar surface area (TPSA) is 0 Å². The molecule has 0 aromatic carbocycles. The molecular weight excluding hydrogens is 228 g/mol. The summed E-state index contributed by atoms with van der Waals surface area (Å²) in [6, 6.07) is 0. The second-order valence-corrected chi connectivity index (χ2v) is 6.77. The SMILES string of the molecule is CCCCCCCCC(CC)(CC)C(C)(CC)CC. The van der Waals surface area contributed by atoms with Gasteiger partial charge in [0.2, 0.25) is 0 Å². The largest absolute Gasteiger partial charge is 0.0654 e. The summed E-state index contributed by atoms with van der Waals surface area (Å²) in [7, 11) is 0. The van der Waals surface area contributed by atoms with E-state index in [1.807, 2.05) is 0 Å². The van der Waals surface area contributed by atoms with E-state index < -0.39 is 0 Å². The molecular formula is C19H40. The molecule has 116 valence electrons. The van der Waals surface area contributed by atoms with Crippen LogP contribution >= 0.6 is 0 Å². The Morgan fingerprint density at radius 1 is 0.579 bits per heavy atom. The summed E-state index contributed by atoms with van der Waals surface area (Å²) < 4.78 is 0. The van der Waals surface area contributed by atoms with Gasteiger partial charge in [-0.05, 0) is 30.1 Å². The van der Waals surface area contributed by atoms with Gasteiger partial charge in [-0.15, -0.1) is 0 Å². The molecule has 0 saturated heterocycles. The molecule has 0 unspecified atom stereocenters. The minimum atomic E-state index is 0.542. The highest BCUT2D eigenvalue weighted by atomic mass is 14.5. The van der Waals surface area contributed by atoms with Crippen molar-refractivity contribution in [3.63, 3.8) is 0 Å². The lowest BCUT2D eigenvalue weighted by Crippen LogP contribution is -2.38. The molecule has 0 radical (unpaired) electrons. The Morgan fingerprint density at radius 2 is 1.05 bits per heavy atom. The van der Waals surface area contributed by atoms with Crippen molar-refractivity contribution in [2.24, 2.45) is 10.8 Å². The molecule has 0 aliphatic heterocycles. The van der Waals surface area contributed by atoms with Crippen LogP contribution in [-0.4, -0.2) is 0 Å². The van der Waals surface area contributed by atoms with E-state index in [0.717, 1.165) is 0 Å². The summed E-state index contributed by atoms with van der Waals surface area (Å²) in [4.78, 5) is 0. The summed E-state index contributed by atoms with van der Waals surface area (Å²) in [5.41, 5.74) is 1.13. The van der Waals surface area contributed by atoms with Crippen LogP contribution in [0.5, 0.6) is 0 Å². The zero-order valence-corrected chi connectivity index (χ0v) is 14.8. The average Bonchev–Trinajstić information content (AvgIpc) is 2.46. The summed E-state index contributed by atoms with van der Waals surface area (Å²) >= 11 is 0. The number of hydrogen-bond acceptors (Lipinski definition) is 0. The lowest BCUT2D eigenvalue weighted by Gasteiger charge is -2.48. The fraction of sp³-hybridized carbons (Fsp3) is 1.00. The van der Waals surface area contributed by atoms with Crippen LogP contribution in [0, 0.1) is 10.8 Å². The quantitative estimate of drug-likeness (QED) is 0.324. The van der Waals surface area contributed by atoms with Crippen molar-refractivity contribution in [3.8, 4) is 0 Å². The number of rotatable bonds is 12. The first-order chi connectivity index (χ1) is 9.05. The van der Waals surface area contributed by atoms with Crippen LogP contribution in [-0.2, 0) is 0 Å². The third-order valence-corrected chi connectivity index (χ3v) is 6.20. The van der Waals surface area contributed by atoms with E-state index in [1.165, 1.54) is 70.6 Å². The van der Waals surface area contributed by atoms with Crippen molar-refractivity contribution in [3.05, 3.63) is 0 Å². The van der Waals surface area contributed by atoms with Crippen molar-refractivity contribution in [2.45, 2.75) is 112 Å². The third-order valence-electron chi connectivity index (χ3n) is 6.20. The molecule has 0 nitrogen and oxygen atoms in total. The molecule has 0 aromatic rings. The van der Waals surface area contributed by atoms with Crippen molar-refractivity contribution >= 4 is 0 Å². The Morgan fingerprint density at radius 3 is 1.47 bits per heavy atom.